The Hall–Kier alpha value is -2.89. The number of primary sulfonamides is 1. The topological polar surface area (TPSA) is 122 Å². The van der Waals surface area contributed by atoms with Gasteiger partial charge in [-0.1, -0.05) is 18.3 Å². The highest BCUT2D eigenvalue weighted by Gasteiger charge is 2.19. The van der Waals surface area contributed by atoms with Crippen molar-refractivity contribution in [2.24, 2.45) is 10.1 Å². The van der Waals surface area contributed by atoms with Crippen LogP contribution in [0.2, 0.25) is 0 Å². The first kappa shape index (κ1) is 25.7. The highest BCUT2D eigenvalue weighted by Crippen LogP contribution is 2.39. The van der Waals surface area contributed by atoms with Gasteiger partial charge >= 0.3 is 0 Å². The Morgan fingerprint density at radius 2 is 1.62 bits per heavy atom. The van der Waals surface area contributed by atoms with Crippen molar-refractivity contribution in [2.75, 3.05) is 19.8 Å². The Bertz CT molecular complexity index is 1330. The number of fused-ring (bicyclic) bond motifs is 1. The van der Waals surface area contributed by atoms with Crippen LogP contribution in [0.15, 0.2) is 40.2 Å². The van der Waals surface area contributed by atoms with Crippen LogP contribution >= 0.6 is 11.3 Å². The molecule has 11 heteroatoms. The van der Waals surface area contributed by atoms with Gasteiger partial charge in [-0.15, -0.1) is 0 Å². The van der Waals surface area contributed by atoms with Crippen LogP contribution < -0.4 is 24.2 Å². The first-order chi connectivity index (χ1) is 16.2. The van der Waals surface area contributed by atoms with Gasteiger partial charge in [0.25, 0.3) is 5.91 Å². The molecule has 0 saturated heterocycles. The van der Waals surface area contributed by atoms with E-state index in [0.29, 0.717) is 58.7 Å². The summed E-state index contributed by atoms with van der Waals surface area (Å²) in [5.41, 5.74) is 1.07. The highest BCUT2D eigenvalue weighted by atomic mass is 32.2. The maximum absolute atomic E-state index is 13.2. The molecule has 1 aromatic heterocycles. The van der Waals surface area contributed by atoms with Crippen molar-refractivity contribution in [2.45, 2.75) is 45.6 Å². The van der Waals surface area contributed by atoms with E-state index in [0.717, 1.165) is 11.9 Å². The van der Waals surface area contributed by atoms with Crippen molar-refractivity contribution in [3.8, 4) is 17.2 Å². The van der Waals surface area contributed by atoms with Gasteiger partial charge in [-0.25, -0.2) is 13.6 Å². The number of hydrogen-bond acceptors (Lipinski definition) is 7. The van der Waals surface area contributed by atoms with E-state index in [1.165, 1.54) is 23.5 Å². The maximum Gasteiger partial charge on any atom is 0.279 e. The fourth-order valence-corrected chi connectivity index (χ4v) is 5.13. The van der Waals surface area contributed by atoms with Crippen molar-refractivity contribution < 1.29 is 27.4 Å². The monoisotopic (exact) mass is 507 g/mol. The van der Waals surface area contributed by atoms with E-state index < -0.39 is 15.9 Å². The lowest BCUT2D eigenvalue weighted by Crippen LogP contribution is -2.17. The zero-order chi connectivity index (χ0) is 24.9. The number of ether oxygens (including phenoxy) is 3. The van der Waals surface area contributed by atoms with Gasteiger partial charge in [0.15, 0.2) is 16.3 Å². The third kappa shape index (κ3) is 5.60. The van der Waals surface area contributed by atoms with E-state index in [1.807, 2.05) is 32.3 Å². The van der Waals surface area contributed by atoms with Crippen LogP contribution in [0, 0.1) is 0 Å². The molecular formula is C23H29N3O6S2. The zero-order valence-electron chi connectivity index (χ0n) is 19.7. The zero-order valence-corrected chi connectivity index (χ0v) is 21.3. The van der Waals surface area contributed by atoms with Gasteiger partial charge in [0.05, 0.1) is 34.9 Å². The molecule has 0 atom stereocenters. The third-order valence-electron chi connectivity index (χ3n) is 4.78. The van der Waals surface area contributed by atoms with Crippen LogP contribution in [-0.4, -0.2) is 38.7 Å². The summed E-state index contributed by atoms with van der Waals surface area (Å²) in [6.07, 6.45) is 0.802. The summed E-state index contributed by atoms with van der Waals surface area (Å²) in [7, 11) is -3.85. The summed E-state index contributed by atoms with van der Waals surface area (Å²) in [5, 5.41) is 5.28. The molecule has 34 heavy (non-hydrogen) atoms. The van der Waals surface area contributed by atoms with Crippen LogP contribution in [-0.2, 0) is 16.6 Å². The first-order valence-corrected chi connectivity index (χ1v) is 13.4. The van der Waals surface area contributed by atoms with Crippen LogP contribution in [0.1, 0.15) is 44.5 Å². The number of nitrogens with two attached hydrogens (primary N) is 1. The molecule has 0 aliphatic rings. The number of thiazole rings is 1. The van der Waals surface area contributed by atoms with Crippen molar-refractivity contribution in [3.05, 3.63) is 40.7 Å². The second kappa shape index (κ2) is 11.0. The number of benzene rings is 2. The molecule has 0 radical (unpaired) electrons. The van der Waals surface area contributed by atoms with E-state index in [9.17, 15) is 13.2 Å². The smallest absolute Gasteiger partial charge is 0.279 e. The fourth-order valence-electron chi connectivity index (χ4n) is 3.42. The van der Waals surface area contributed by atoms with Gasteiger partial charge in [-0.05, 0) is 57.5 Å². The predicted molar refractivity (Wildman–Crippen MR) is 131 cm³/mol. The van der Waals surface area contributed by atoms with Crippen molar-refractivity contribution in [1.29, 1.82) is 0 Å². The minimum absolute atomic E-state index is 0.0111. The molecule has 1 amide bonds. The normalized spacial score (nSPS) is 12.2. The lowest BCUT2D eigenvalue weighted by atomic mass is 10.1. The summed E-state index contributed by atoms with van der Waals surface area (Å²) in [5.74, 6) is 0.781. The Morgan fingerprint density at radius 1 is 1.00 bits per heavy atom. The number of amides is 1. The van der Waals surface area contributed by atoms with Crippen LogP contribution in [0.5, 0.6) is 17.2 Å². The molecule has 0 spiro atoms. The second-order valence-corrected chi connectivity index (χ2v) is 9.80. The van der Waals surface area contributed by atoms with E-state index in [-0.39, 0.29) is 4.90 Å². The Balaban J connectivity index is 2.16. The average molecular weight is 508 g/mol. The molecule has 0 bridgehead atoms. The molecule has 3 rings (SSSR count). The van der Waals surface area contributed by atoms with E-state index in [4.69, 9.17) is 19.3 Å². The van der Waals surface area contributed by atoms with Crippen LogP contribution in [0.25, 0.3) is 10.2 Å². The quantitative estimate of drug-likeness (QED) is 0.446. The van der Waals surface area contributed by atoms with E-state index >= 15 is 0 Å². The summed E-state index contributed by atoms with van der Waals surface area (Å²) in [4.78, 5) is 18.0. The Labute approximate surface area is 202 Å². The number of sulfonamides is 1. The first-order valence-electron chi connectivity index (χ1n) is 11.0. The molecule has 3 aromatic rings. The number of nitrogens with zero attached hydrogens (tertiary/aromatic N) is 2. The van der Waals surface area contributed by atoms with Gasteiger partial charge in [-0.3, -0.25) is 4.79 Å². The van der Waals surface area contributed by atoms with E-state index in [1.54, 1.807) is 18.2 Å². The van der Waals surface area contributed by atoms with Gasteiger partial charge in [0, 0.05) is 12.1 Å². The predicted octanol–water partition coefficient (Wildman–Crippen LogP) is 3.70. The molecule has 184 valence electrons. The molecule has 2 aromatic carbocycles. The maximum atomic E-state index is 13.2. The Morgan fingerprint density at radius 3 is 2.15 bits per heavy atom. The number of rotatable bonds is 10. The molecule has 1 heterocycles. The van der Waals surface area contributed by atoms with Crippen molar-refractivity contribution >= 4 is 37.5 Å². The van der Waals surface area contributed by atoms with Gasteiger partial charge in [0.2, 0.25) is 15.8 Å². The van der Waals surface area contributed by atoms with Gasteiger partial charge < -0.3 is 18.8 Å². The van der Waals surface area contributed by atoms with Crippen LogP contribution in [0.3, 0.4) is 0 Å². The molecule has 9 nitrogen and oxygen atoms in total. The molecule has 0 saturated carbocycles. The molecule has 2 N–H and O–H groups in total. The van der Waals surface area contributed by atoms with Crippen molar-refractivity contribution in [1.82, 2.24) is 4.57 Å². The lowest BCUT2D eigenvalue weighted by Gasteiger charge is -2.16. The highest BCUT2D eigenvalue weighted by molar-refractivity contribution is 7.89. The summed E-state index contributed by atoms with van der Waals surface area (Å²) < 4.78 is 43.2. The van der Waals surface area contributed by atoms with Crippen LogP contribution in [0.4, 0.5) is 0 Å². The van der Waals surface area contributed by atoms with Crippen molar-refractivity contribution in [3.63, 3.8) is 0 Å². The third-order valence-corrected chi connectivity index (χ3v) is 6.74. The number of aromatic nitrogens is 1. The Kier molecular flexibility index (Phi) is 8.34. The molecule has 0 aliphatic heterocycles. The standard InChI is InChI=1S/C23H29N3O6S2/c1-5-11-26-17-10-9-16(34(24,28)29)14-20(17)33-23(26)25-22(27)15-12-18(30-6-2)21(32-8-4)19(13-15)31-7-3/h9-10,12-14H,5-8,11H2,1-4H3,(H2,24,28,29). The number of hydrogen-bond donors (Lipinski definition) is 1. The molecule has 0 fully saturated rings. The molecule has 0 unspecified atom stereocenters. The average Bonchev–Trinajstić information content (AvgIpc) is 3.12. The lowest BCUT2D eigenvalue weighted by molar-refractivity contribution is 0.0996. The minimum atomic E-state index is -3.85. The summed E-state index contributed by atoms with van der Waals surface area (Å²) in [6, 6.07) is 7.83. The number of carbonyl (C=O) groups is 1. The minimum Gasteiger partial charge on any atom is -0.490 e. The second-order valence-electron chi connectivity index (χ2n) is 7.23. The fraction of sp³-hybridized carbons (Fsp3) is 0.391. The summed E-state index contributed by atoms with van der Waals surface area (Å²) in [6.45, 7) is 9.35. The largest absolute Gasteiger partial charge is 0.490 e. The SMILES string of the molecule is CCCn1c(=NC(=O)c2cc(OCC)c(OCC)c(OCC)c2)sc2cc(S(N)(=O)=O)ccc21. The number of carbonyl (C=O) groups excluding carboxylic acids is 1. The number of aryl methyl sites for hydroxylation is 1. The molecular weight excluding hydrogens is 478 g/mol. The van der Waals surface area contributed by atoms with E-state index in [2.05, 4.69) is 4.99 Å². The molecule has 0 aliphatic carbocycles. The van der Waals surface area contributed by atoms with Gasteiger partial charge in [-0.2, -0.15) is 4.99 Å². The summed E-state index contributed by atoms with van der Waals surface area (Å²) >= 11 is 1.23. The van der Waals surface area contributed by atoms with Gasteiger partial charge in [0.1, 0.15) is 0 Å².